The average molecular weight is 117 g/mol. The van der Waals surface area contributed by atoms with E-state index in [0.717, 1.165) is 12.0 Å². The van der Waals surface area contributed by atoms with Gasteiger partial charge in [0.1, 0.15) is 0 Å². The second-order valence-electron chi connectivity index (χ2n) is 2.04. The zero-order chi connectivity index (χ0) is 6.69. The lowest BCUT2D eigenvalue weighted by Crippen LogP contribution is -1.79. The minimum atomic E-state index is 1.02. The van der Waals surface area contributed by atoms with Gasteiger partial charge in [-0.3, -0.25) is 0 Å². The van der Waals surface area contributed by atoms with Crippen LogP contribution in [-0.2, 0) is 6.42 Å². The Kier molecular flexibility index (Phi) is 1.88. The molecule has 1 rings (SSSR count). The fourth-order valence-electron chi connectivity index (χ4n) is 0.632. The van der Waals surface area contributed by atoms with E-state index >= 15 is 0 Å². The Balaban J connectivity index is 2.88. The van der Waals surface area contributed by atoms with E-state index in [9.17, 15) is 0 Å². The van der Waals surface area contributed by atoms with E-state index in [2.05, 4.69) is 25.1 Å². The van der Waals surface area contributed by atoms with Gasteiger partial charge in [-0.05, 0) is 42.7 Å². The first-order valence-electron chi connectivity index (χ1n) is 3.14. The maximum Gasteiger partial charge on any atom is -0.00576 e. The van der Waals surface area contributed by atoms with Crippen molar-refractivity contribution in [1.82, 2.24) is 0 Å². The molecule has 0 unspecified atom stereocenters. The summed E-state index contributed by atoms with van der Waals surface area (Å²) in [6.45, 7) is 4.07. The molecular formula is C9H9. The van der Waals surface area contributed by atoms with Crippen molar-refractivity contribution < 1.29 is 0 Å². The molecule has 0 saturated heterocycles. The maximum absolute atomic E-state index is 3.06. The van der Waals surface area contributed by atoms with E-state index in [0.29, 0.717) is 0 Å². The third-order valence-electron chi connectivity index (χ3n) is 1.25. The van der Waals surface area contributed by atoms with Crippen molar-refractivity contribution in [3.8, 4) is 0 Å². The second-order valence-corrected chi connectivity index (χ2v) is 2.04. The van der Waals surface area contributed by atoms with Gasteiger partial charge in [0.2, 0.25) is 0 Å². The predicted molar refractivity (Wildman–Crippen MR) is 37.1 cm³/mol. The molecule has 0 N–H and O–H groups in total. The van der Waals surface area contributed by atoms with Gasteiger partial charge in [-0.1, -0.05) is 13.0 Å². The molecule has 0 aliphatic rings. The van der Waals surface area contributed by atoms with Gasteiger partial charge in [0.15, 0.2) is 0 Å². The molecule has 1 aromatic carbocycles. The smallest absolute Gasteiger partial charge is 0.00576 e. The second kappa shape index (κ2) is 2.67. The van der Waals surface area contributed by atoms with Gasteiger partial charge in [-0.25, -0.2) is 0 Å². The Morgan fingerprint density at radius 3 is 2.67 bits per heavy atom. The summed E-state index contributed by atoms with van der Waals surface area (Å²) in [6, 6.07) is 11.0. The number of hydrogen-bond acceptors (Lipinski definition) is 0. The molecule has 0 aliphatic carbocycles. The summed E-state index contributed by atoms with van der Waals surface area (Å²) < 4.78 is 0. The molecule has 0 saturated carbocycles. The quantitative estimate of drug-likeness (QED) is 0.527. The third-order valence-corrected chi connectivity index (χ3v) is 1.25. The van der Waals surface area contributed by atoms with Crippen molar-refractivity contribution in [2.24, 2.45) is 0 Å². The summed E-state index contributed by atoms with van der Waals surface area (Å²) in [5.41, 5.74) is 2.22. The van der Waals surface area contributed by atoms with Crippen LogP contribution in [0.2, 0.25) is 0 Å². The van der Waals surface area contributed by atoms with Crippen molar-refractivity contribution in [2.75, 3.05) is 0 Å². The molecule has 0 heterocycles. The summed E-state index contributed by atoms with van der Waals surface area (Å²) in [6.07, 6.45) is 1.02. The largest absolute Gasteiger partial charge is 0.0613 e. The first kappa shape index (κ1) is 6.34. The highest BCUT2D eigenvalue weighted by atomic mass is 13.9. The molecule has 3 radical (unpaired) electrons. The van der Waals surface area contributed by atoms with E-state index in [4.69, 9.17) is 0 Å². The van der Waals surface area contributed by atoms with Crippen LogP contribution in [0, 0.1) is 25.1 Å². The summed E-state index contributed by atoms with van der Waals surface area (Å²) >= 11 is 0. The Hall–Kier alpha value is -0.780. The Morgan fingerprint density at radius 2 is 2.22 bits per heavy atom. The predicted octanol–water partition coefficient (Wildman–Crippen LogP) is 1.96. The summed E-state index contributed by atoms with van der Waals surface area (Å²) in [5, 5.41) is 0. The zero-order valence-corrected chi connectivity index (χ0v) is 5.78. The lowest BCUT2D eigenvalue weighted by atomic mass is 10.1. The fraction of sp³-hybridized carbons (Fsp3) is 0.333. The van der Waals surface area contributed by atoms with E-state index in [-0.39, 0.29) is 0 Å². The maximum atomic E-state index is 3.06. The van der Waals surface area contributed by atoms with Crippen molar-refractivity contribution in [3.05, 3.63) is 35.4 Å². The first-order valence-corrected chi connectivity index (χ1v) is 3.14. The molecule has 0 bridgehead atoms. The monoisotopic (exact) mass is 117 g/mol. The molecule has 0 fully saturated rings. The molecule has 0 spiro atoms. The summed E-state index contributed by atoms with van der Waals surface area (Å²) in [5.74, 6) is 0. The van der Waals surface area contributed by atoms with E-state index in [1.165, 1.54) is 5.56 Å². The van der Waals surface area contributed by atoms with Gasteiger partial charge in [0.25, 0.3) is 0 Å². The van der Waals surface area contributed by atoms with Gasteiger partial charge < -0.3 is 0 Å². The van der Waals surface area contributed by atoms with Crippen molar-refractivity contribution >= 4 is 0 Å². The normalized spacial score (nSPS) is 9.56. The molecule has 9 heavy (non-hydrogen) atoms. The molecule has 0 atom stereocenters. The Morgan fingerprint density at radius 1 is 1.44 bits per heavy atom. The van der Waals surface area contributed by atoms with Crippen molar-refractivity contribution in [1.29, 1.82) is 0 Å². The van der Waals surface area contributed by atoms with E-state index < -0.39 is 0 Å². The lowest BCUT2D eigenvalue weighted by molar-refractivity contribution is 1.13. The van der Waals surface area contributed by atoms with Gasteiger partial charge in [-0.2, -0.15) is 0 Å². The van der Waals surface area contributed by atoms with Crippen LogP contribution in [0.1, 0.15) is 18.1 Å². The topological polar surface area (TPSA) is 0 Å². The minimum absolute atomic E-state index is 1.02. The van der Waals surface area contributed by atoms with Gasteiger partial charge in [0, 0.05) is 0 Å². The van der Waals surface area contributed by atoms with Crippen molar-refractivity contribution in [2.45, 2.75) is 20.3 Å². The minimum Gasteiger partial charge on any atom is -0.0613 e. The van der Waals surface area contributed by atoms with Crippen LogP contribution in [-0.4, -0.2) is 0 Å². The van der Waals surface area contributed by atoms with Crippen LogP contribution < -0.4 is 0 Å². The number of aryl methyl sites for hydroxylation is 2. The summed E-state index contributed by atoms with van der Waals surface area (Å²) in [4.78, 5) is 0. The molecule has 0 aromatic heterocycles. The highest BCUT2D eigenvalue weighted by molar-refractivity contribution is 5.16. The molecule has 0 amide bonds. The van der Waals surface area contributed by atoms with Crippen LogP contribution in [0.3, 0.4) is 0 Å². The zero-order valence-electron chi connectivity index (χ0n) is 5.78. The number of rotatable bonds is 1. The van der Waals surface area contributed by atoms with E-state index in [1.807, 2.05) is 13.0 Å². The van der Waals surface area contributed by atoms with Gasteiger partial charge in [-0.15, -0.1) is 0 Å². The first-order chi connectivity index (χ1) is 4.33. The highest BCUT2D eigenvalue weighted by Crippen LogP contribution is 1.99. The van der Waals surface area contributed by atoms with Crippen LogP contribution in [0.25, 0.3) is 0 Å². The van der Waals surface area contributed by atoms with Crippen molar-refractivity contribution in [3.63, 3.8) is 0 Å². The average Bonchev–Trinajstić information content (AvgIpc) is 1.90. The molecule has 0 aliphatic heterocycles. The standard InChI is InChI=1S/C9H9/c1-3-9-6-4-8(2)5-7-9/h6H,3H2,1-2H3. The van der Waals surface area contributed by atoms with Crippen LogP contribution in [0.5, 0.6) is 0 Å². The molecule has 45 valence electrons. The van der Waals surface area contributed by atoms with Gasteiger partial charge in [0.05, 0.1) is 0 Å². The van der Waals surface area contributed by atoms with Gasteiger partial charge >= 0.3 is 0 Å². The Bertz CT molecular complexity index is 172. The molecular weight excluding hydrogens is 108 g/mol. The SMILES string of the molecule is CCc1[c][c]c(C)[c]c1. The molecule has 1 aromatic rings. The number of benzene rings is 1. The van der Waals surface area contributed by atoms with Crippen LogP contribution in [0.4, 0.5) is 0 Å². The highest BCUT2D eigenvalue weighted by Gasteiger charge is 1.86. The lowest BCUT2D eigenvalue weighted by Gasteiger charge is -1.92. The molecule has 0 heteroatoms. The number of hydrogen-bond donors (Lipinski definition) is 0. The third kappa shape index (κ3) is 1.56. The molecule has 0 nitrogen and oxygen atoms in total. The van der Waals surface area contributed by atoms with Crippen LogP contribution >= 0.6 is 0 Å². The van der Waals surface area contributed by atoms with Crippen LogP contribution in [0.15, 0.2) is 6.07 Å². The van der Waals surface area contributed by atoms with E-state index in [1.54, 1.807) is 0 Å². The Labute approximate surface area is 56.5 Å². The summed E-state index contributed by atoms with van der Waals surface area (Å²) in [7, 11) is 0. The fourth-order valence-corrected chi connectivity index (χ4v) is 0.632.